The second-order valence-electron chi connectivity index (χ2n) is 5.69. The highest BCUT2D eigenvalue weighted by Crippen LogP contribution is 2.26. The van der Waals surface area contributed by atoms with Crippen LogP contribution in [-0.4, -0.2) is 15.6 Å². The number of aromatic nitrogens is 2. The minimum atomic E-state index is 0.279. The van der Waals surface area contributed by atoms with Crippen LogP contribution in [0, 0.1) is 5.92 Å². The number of rotatable bonds is 5. The van der Waals surface area contributed by atoms with Crippen LogP contribution in [0.5, 0.6) is 0 Å². The summed E-state index contributed by atoms with van der Waals surface area (Å²) in [5, 5.41) is 0. The third-order valence-corrected chi connectivity index (χ3v) is 4.20. The fourth-order valence-corrected chi connectivity index (χ4v) is 3.16. The number of hydrogen-bond acceptors (Lipinski definition) is 2. The summed E-state index contributed by atoms with van der Waals surface area (Å²) >= 11 is 0. The molecule has 2 rings (SSSR count). The van der Waals surface area contributed by atoms with E-state index >= 15 is 0 Å². The Bertz CT molecular complexity index is 337. The minimum absolute atomic E-state index is 0.279. The van der Waals surface area contributed by atoms with Gasteiger partial charge in [-0.05, 0) is 19.3 Å². The number of hydrogen-bond donors (Lipinski definition) is 1. The third-order valence-electron chi connectivity index (χ3n) is 4.20. The van der Waals surface area contributed by atoms with Crippen LogP contribution < -0.4 is 5.73 Å². The molecule has 1 aliphatic carbocycles. The van der Waals surface area contributed by atoms with Gasteiger partial charge >= 0.3 is 0 Å². The Balaban J connectivity index is 1.82. The summed E-state index contributed by atoms with van der Waals surface area (Å²) in [5.74, 6) is 2.01. The number of nitrogens with zero attached hydrogens (tertiary/aromatic N) is 2. The Morgan fingerprint density at radius 2 is 2.06 bits per heavy atom. The molecule has 102 valence electrons. The predicted molar refractivity (Wildman–Crippen MR) is 75.4 cm³/mol. The fraction of sp³-hybridized carbons (Fsp3) is 0.800. The molecule has 0 bridgehead atoms. The van der Waals surface area contributed by atoms with E-state index in [9.17, 15) is 0 Å². The first kappa shape index (κ1) is 13.6. The number of aryl methyl sites for hydroxylation is 1. The summed E-state index contributed by atoms with van der Waals surface area (Å²) in [7, 11) is 0. The van der Waals surface area contributed by atoms with E-state index in [4.69, 9.17) is 5.73 Å². The largest absolute Gasteiger partial charge is 0.335 e. The van der Waals surface area contributed by atoms with Crippen molar-refractivity contribution in [2.75, 3.05) is 0 Å². The number of nitrogens with two attached hydrogens (primary N) is 1. The summed E-state index contributed by atoms with van der Waals surface area (Å²) in [6.45, 7) is 3.15. The van der Waals surface area contributed by atoms with Gasteiger partial charge in [-0.1, -0.05) is 38.5 Å². The lowest BCUT2D eigenvalue weighted by atomic mass is 9.91. The first-order valence-electron chi connectivity index (χ1n) is 7.55. The first-order chi connectivity index (χ1) is 8.79. The maximum atomic E-state index is 6.32. The van der Waals surface area contributed by atoms with Gasteiger partial charge < -0.3 is 10.3 Å². The first-order valence-corrected chi connectivity index (χ1v) is 7.55. The van der Waals surface area contributed by atoms with Crippen molar-refractivity contribution in [1.29, 1.82) is 0 Å². The summed E-state index contributed by atoms with van der Waals surface area (Å²) in [6, 6.07) is 0.279. The van der Waals surface area contributed by atoms with E-state index in [1.807, 2.05) is 12.4 Å². The molecule has 3 nitrogen and oxygen atoms in total. The molecule has 1 atom stereocenters. The molecule has 1 fully saturated rings. The summed E-state index contributed by atoms with van der Waals surface area (Å²) in [4.78, 5) is 4.42. The van der Waals surface area contributed by atoms with Gasteiger partial charge in [0.05, 0.1) is 0 Å². The highest BCUT2D eigenvalue weighted by atomic mass is 15.1. The fourth-order valence-electron chi connectivity index (χ4n) is 3.16. The molecule has 3 heteroatoms. The SMILES string of the molecule is CCn1ccnc1CC(N)CC1CCCCCC1. The van der Waals surface area contributed by atoms with Crippen molar-refractivity contribution in [2.45, 2.75) is 70.9 Å². The average Bonchev–Trinajstić information content (AvgIpc) is 2.64. The Kier molecular flexibility index (Phi) is 5.24. The Labute approximate surface area is 111 Å². The molecule has 0 saturated heterocycles. The van der Waals surface area contributed by atoms with Crippen LogP contribution in [0.25, 0.3) is 0 Å². The Morgan fingerprint density at radius 1 is 1.33 bits per heavy atom. The maximum absolute atomic E-state index is 6.32. The van der Waals surface area contributed by atoms with Crippen LogP contribution in [0.3, 0.4) is 0 Å². The smallest absolute Gasteiger partial charge is 0.110 e. The van der Waals surface area contributed by atoms with Crippen LogP contribution >= 0.6 is 0 Å². The van der Waals surface area contributed by atoms with Crippen molar-refractivity contribution < 1.29 is 0 Å². The topological polar surface area (TPSA) is 43.8 Å². The molecule has 1 unspecified atom stereocenters. The second-order valence-corrected chi connectivity index (χ2v) is 5.69. The monoisotopic (exact) mass is 249 g/mol. The Morgan fingerprint density at radius 3 is 2.72 bits per heavy atom. The summed E-state index contributed by atoms with van der Waals surface area (Å²) in [6.07, 6.45) is 14.5. The van der Waals surface area contributed by atoms with Crippen LogP contribution in [0.4, 0.5) is 0 Å². The zero-order valence-electron chi connectivity index (χ0n) is 11.6. The van der Waals surface area contributed by atoms with E-state index in [-0.39, 0.29) is 6.04 Å². The molecule has 1 aromatic rings. The van der Waals surface area contributed by atoms with Crippen LogP contribution in [-0.2, 0) is 13.0 Å². The van der Waals surface area contributed by atoms with E-state index in [0.717, 1.165) is 24.7 Å². The third kappa shape index (κ3) is 3.84. The molecule has 0 amide bonds. The molecule has 0 aromatic carbocycles. The van der Waals surface area contributed by atoms with Gasteiger partial charge in [-0.3, -0.25) is 0 Å². The minimum Gasteiger partial charge on any atom is -0.335 e. The van der Waals surface area contributed by atoms with Crippen molar-refractivity contribution in [1.82, 2.24) is 9.55 Å². The van der Waals surface area contributed by atoms with Gasteiger partial charge in [0.2, 0.25) is 0 Å². The van der Waals surface area contributed by atoms with E-state index in [1.54, 1.807) is 0 Å². The molecule has 0 spiro atoms. The van der Waals surface area contributed by atoms with Crippen molar-refractivity contribution in [3.05, 3.63) is 18.2 Å². The molecular weight excluding hydrogens is 222 g/mol. The van der Waals surface area contributed by atoms with Crippen LogP contribution in [0.2, 0.25) is 0 Å². The molecule has 1 aromatic heterocycles. The van der Waals surface area contributed by atoms with Gasteiger partial charge in [-0.25, -0.2) is 4.98 Å². The zero-order chi connectivity index (χ0) is 12.8. The van der Waals surface area contributed by atoms with Crippen molar-refractivity contribution in [3.8, 4) is 0 Å². The Hall–Kier alpha value is -0.830. The molecule has 0 aliphatic heterocycles. The van der Waals surface area contributed by atoms with Gasteiger partial charge in [0.1, 0.15) is 5.82 Å². The molecule has 0 radical (unpaired) electrons. The van der Waals surface area contributed by atoms with Gasteiger partial charge in [-0.15, -0.1) is 0 Å². The zero-order valence-corrected chi connectivity index (χ0v) is 11.6. The predicted octanol–water partition coefficient (Wildman–Crippen LogP) is 3.13. The molecule has 1 aliphatic rings. The molecule has 1 heterocycles. The van der Waals surface area contributed by atoms with E-state index < -0.39 is 0 Å². The lowest BCUT2D eigenvalue weighted by molar-refractivity contribution is 0.382. The highest BCUT2D eigenvalue weighted by Gasteiger charge is 2.17. The highest BCUT2D eigenvalue weighted by molar-refractivity contribution is 4.95. The summed E-state index contributed by atoms with van der Waals surface area (Å²) < 4.78 is 2.20. The van der Waals surface area contributed by atoms with Crippen molar-refractivity contribution in [2.24, 2.45) is 11.7 Å². The molecule has 1 saturated carbocycles. The quantitative estimate of drug-likeness (QED) is 0.815. The molecule has 18 heavy (non-hydrogen) atoms. The molecular formula is C15H27N3. The lowest BCUT2D eigenvalue weighted by Gasteiger charge is -2.19. The molecule has 2 N–H and O–H groups in total. The van der Waals surface area contributed by atoms with Crippen LogP contribution in [0.1, 0.15) is 57.7 Å². The van der Waals surface area contributed by atoms with E-state index in [1.165, 1.54) is 44.9 Å². The van der Waals surface area contributed by atoms with Gasteiger partial charge in [-0.2, -0.15) is 0 Å². The lowest BCUT2D eigenvalue weighted by Crippen LogP contribution is -2.27. The maximum Gasteiger partial charge on any atom is 0.110 e. The van der Waals surface area contributed by atoms with Gasteiger partial charge in [0.25, 0.3) is 0 Å². The van der Waals surface area contributed by atoms with Gasteiger partial charge in [0.15, 0.2) is 0 Å². The van der Waals surface area contributed by atoms with Crippen molar-refractivity contribution >= 4 is 0 Å². The normalized spacial score (nSPS) is 19.7. The second kappa shape index (κ2) is 6.93. The summed E-state index contributed by atoms with van der Waals surface area (Å²) in [5.41, 5.74) is 6.32. The van der Waals surface area contributed by atoms with Crippen molar-refractivity contribution in [3.63, 3.8) is 0 Å². The standard InChI is InChI=1S/C15H27N3/c1-2-18-10-9-17-15(18)12-14(16)11-13-7-5-3-4-6-8-13/h9-10,13-14H,2-8,11-12,16H2,1H3. The van der Waals surface area contributed by atoms with E-state index in [2.05, 4.69) is 16.5 Å². The van der Waals surface area contributed by atoms with Crippen LogP contribution in [0.15, 0.2) is 12.4 Å². The van der Waals surface area contributed by atoms with E-state index in [0.29, 0.717) is 0 Å². The average molecular weight is 249 g/mol. The van der Waals surface area contributed by atoms with Gasteiger partial charge in [0, 0.05) is 31.4 Å². The number of imidazole rings is 1.